The standard InChI is InChI=1S/C19H23N3O2/c1-15-6-7-17(24-2)16(13-15)14-19(23)22-11-9-21(10-12-22)18-5-3-4-8-20-18/h3-8,13H,9-12,14H2,1-2H3. The fourth-order valence-electron chi connectivity index (χ4n) is 3.05. The van der Waals surface area contributed by atoms with Crippen molar-refractivity contribution < 1.29 is 9.53 Å². The predicted octanol–water partition coefficient (Wildman–Crippen LogP) is 2.29. The van der Waals surface area contributed by atoms with Gasteiger partial charge in [0.2, 0.25) is 5.91 Å². The first-order chi connectivity index (χ1) is 11.7. The first-order valence-electron chi connectivity index (χ1n) is 8.24. The number of carbonyl (C=O) groups excluding carboxylic acids is 1. The number of benzene rings is 1. The van der Waals surface area contributed by atoms with Crippen molar-refractivity contribution in [2.24, 2.45) is 0 Å². The van der Waals surface area contributed by atoms with E-state index in [9.17, 15) is 4.79 Å². The number of aryl methyl sites for hydroxylation is 1. The van der Waals surface area contributed by atoms with Gasteiger partial charge in [0.25, 0.3) is 0 Å². The van der Waals surface area contributed by atoms with Crippen LogP contribution in [0.2, 0.25) is 0 Å². The largest absolute Gasteiger partial charge is 0.496 e. The number of amides is 1. The van der Waals surface area contributed by atoms with E-state index in [0.717, 1.165) is 48.9 Å². The highest BCUT2D eigenvalue weighted by atomic mass is 16.5. The quantitative estimate of drug-likeness (QED) is 0.865. The Kier molecular flexibility index (Phi) is 4.99. The van der Waals surface area contributed by atoms with Crippen LogP contribution in [0.1, 0.15) is 11.1 Å². The van der Waals surface area contributed by atoms with Gasteiger partial charge in [0.1, 0.15) is 11.6 Å². The number of carbonyl (C=O) groups is 1. The zero-order valence-electron chi connectivity index (χ0n) is 14.2. The van der Waals surface area contributed by atoms with Gasteiger partial charge in [-0.1, -0.05) is 23.8 Å². The zero-order valence-corrected chi connectivity index (χ0v) is 14.2. The molecule has 0 radical (unpaired) electrons. The second-order valence-electron chi connectivity index (χ2n) is 6.05. The van der Waals surface area contributed by atoms with Crippen molar-refractivity contribution in [3.05, 3.63) is 53.7 Å². The van der Waals surface area contributed by atoms with Crippen LogP contribution in [0.4, 0.5) is 5.82 Å². The molecule has 126 valence electrons. The highest BCUT2D eigenvalue weighted by molar-refractivity contribution is 5.80. The molecule has 1 fully saturated rings. The lowest BCUT2D eigenvalue weighted by molar-refractivity contribution is -0.130. The zero-order chi connectivity index (χ0) is 16.9. The Balaban J connectivity index is 1.61. The molecule has 1 aromatic carbocycles. The van der Waals surface area contributed by atoms with Gasteiger partial charge in [0.05, 0.1) is 13.5 Å². The van der Waals surface area contributed by atoms with Gasteiger partial charge in [-0.3, -0.25) is 4.79 Å². The van der Waals surface area contributed by atoms with Crippen molar-refractivity contribution in [2.75, 3.05) is 38.2 Å². The van der Waals surface area contributed by atoms with Gasteiger partial charge in [0.15, 0.2) is 0 Å². The fourth-order valence-corrected chi connectivity index (χ4v) is 3.05. The summed E-state index contributed by atoms with van der Waals surface area (Å²) in [4.78, 5) is 21.2. The topological polar surface area (TPSA) is 45.7 Å². The molecule has 1 amide bonds. The van der Waals surface area contributed by atoms with E-state index < -0.39 is 0 Å². The van der Waals surface area contributed by atoms with Crippen LogP contribution in [0.15, 0.2) is 42.6 Å². The number of piperazine rings is 1. The van der Waals surface area contributed by atoms with Crippen molar-refractivity contribution >= 4 is 11.7 Å². The number of hydrogen-bond donors (Lipinski definition) is 0. The van der Waals surface area contributed by atoms with Crippen LogP contribution >= 0.6 is 0 Å². The van der Waals surface area contributed by atoms with Crippen molar-refractivity contribution in [1.82, 2.24) is 9.88 Å². The maximum absolute atomic E-state index is 12.6. The van der Waals surface area contributed by atoms with E-state index in [1.54, 1.807) is 13.3 Å². The van der Waals surface area contributed by atoms with Crippen LogP contribution in [0.5, 0.6) is 5.75 Å². The molecule has 1 aromatic heterocycles. The minimum atomic E-state index is 0.152. The fraction of sp³-hybridized carbons (Fsp3) is 0.368. The summed E-state index contributed by atoms with van der Waals surface area (Å²) in [6.45, 7) is 5.10. The molecule has 0 N–H and O–H groups in total. The molecule has 3 rings (SSSR count). The van der Waals surface area contributed by atoms with E-state index in [2.05, 4.69) is 9.88 Å². The van der Waals surface area contributed by atoms with Gasteiger partial charge in [-0.2, -0.15) is 0 Å². The van der Waals surface area contributed by atoms with Crippen LogP contribution in [0.3, 0.4) is 0 Å². The van der Waals surface area contributed by atoms with Gasteiger partial charge in [0, 0.05) is 37.9 Å². The third-order valence-corrected chi connectivity index (χ3v) is 4.38. The van der Waals surface area contributed by atoms with Crippen molar-refractivity contribution in [3.8, 4) is 5.75 Å². The third kappa shape index (κ3) is 3.67. The van der Waals surface area contributed by atoms with E-state index in [0.29, 0.717) is 6.42 Å². The first-order valence-corrected chi connectivity index (χ1v) is 8.24. The average molecular weight is 325 g/mol. The Morgan fingerprint density at radius 1 is 1.17 bits per heavy atom. The molecule has 1 saturated heterocycles. The first kappa shape index (κ1) is 16.3. The molecule has 0 saturated carbocycles. The molecule has 24 heavy (non-hydrogen) atoms. The summed E-state index contributed by atoms with van der Waals surface area (Å²) in [5.41, 5.74) is 2.09. The second kappa shape index (κ2) is 7.34. The van der Waals surface area contributed by atoms with Crippen LogP contribution in [-0.4, -0.2) is 49.1 Å². The molecule has 0 atom stereocenters. The molecule has 5 nitrogen and oxygen atoms in total. The van der Waals surface area contributed by atoms with E-state index in [-0.39, 0.29) is 5.91 Å². The van der Waals surface area contributed by atoms with Crippen LogP contribution in [0, 0.1) is 6.92 Å². The number of ether oxygens (including phenoxy) is 1. The summed E-state index contributed by atoms with van der Waals surface area (Å²) in [5, 5.41) is 0. The van der Waals surface area contributed by atoms with Crippen LogP contribution in [-0.2, 0) is 11.2 Å². The summed E-state index contributed by atoms with van der Waals surface area (Å²) < 4.78 is 5.38. The monoisotopic (exact) mass is 325 g/mol. The summed E-state index contributed by atoms with van der Waals surface area (Å²) in [5.74, 6) is 1.91. The van der Waals surface area contributed by atoms with Gasteiger partial charge >= 0.3 is 0 Å². The molecule has 2 aromatic rings. The normalized spacial score (nSPS) is 14.6. The SMILES string of the molecule is COc1ccc(C)cc1CC(=O)N1CCN(c2ccccn2)CC1. The molecule has 0 spiro atoms. The number of hydrogen-bond acceptors (Lipinski definition) is 4. The van der Waals surface area contributed by atoms with Crippen molar-refractivity contribution in [1.29, 1.82) is 0 Å². The van der Waals surface area contributed by atoms with E-state index in [1.807, 2.05) is 48.2 Å². The maximum Gasteiger partial charge on any atom is 0.227 e. The average Bonchev–Trinajstić information content (AvgIpc) is 2.63. The van der Waals surface area contributed by atoms with Gasteiger partial charge in [-0.25, -0.2) is 4.98 Å². The minimum Gasteiger partial charge on any atom is -0.496 e. The Bertz CT molecular complexity index is 695. The van der Waals surface area contributed by atoms with E-state index in [1.165, 1.54) is 0 Å². The van der Waals surface area contributed by atoms with Crippen LogP contribution in [0.25, 0.3) is 0 Å². The molecule has 1 aliphatic heterocycles. The van der Waals surface area contributed by atoms with Crippen molar-refractivity contribution in [3.63, 3.8) is 0 Å². The Morgan fingerprint density at radius 2 is 1.96 bits per heavy atom. The Labute approximate surface area is 142 Å². The second-order valence-corrected chi connectivity index (χ2v) is 6.05. The highest BCUT2D eigenvalue weighted by Crippen LogP contribution is 2.21. The molecular formula is C19H23N3O2. The summed E-state index contributed by atoms with van der Waals surface area (Å²) in [6, 6.07) is 11.9. The number of nitrogens with zero attached hydrogens (tertiary/aromatic N) is 3. The maximum atomic E-state index is 12.6. The molecule has 0 unspecified atom stereocenters. The summed E-state index contributed by atoms with van der Waals surface area (Å²) in [7, 11) is 1.64. The summed E-state index contributed by atoms with van der Waals surface area (Å²) in [6.07, 6.45) is 2.19. The van der Waals surface area contributed by atoms with Gasteiger partial charge in [-0.05, 0) is 25.1 Å². The highest BCUT2D eigenvalue weighted by Gasteiger charge is 2.22. The number of anilines is 1. The number of pyridine rings is 1. The lowest BCUT2D eigenvalue weighted by Crippen LogP contribution is -2.49. The minimum absolute atomic E-state index is 0.152. The third-order valence-electron chi connectivity index (χ3n) is 4.38. The van der Waals surface area contributed by atoms with E-state index in [4.69, 9.17) is 4.74 Å². The lowest BCUT2D eigenvalue weighted by Gasteiger charge is -2.35. The Hall–Kier alpha value is -2.56. The Morgan fingerprint density at radius 3 is 2.62 bits per heavy atom. The molecule has 1 aliphatic rings. The summed E-state index contributed by atoms with van der Waals surface area (Å²) >= 11 is 0. The van der Waals surface area contributed by atoms with Crippen molar-refractivity contribution in [2.45, 2.75) is 13.3 Å². The predicted molar refractivity (Wildman–Crippen MR) is 94.5 cm³/mol. The number of aromatic nitrogens is 1. The number of methoxy groups -OCH3 is 1. The molecule has 0 bridgehead atoms. The van der Waals surface area contributed by atoms with E-state index >= 15 is 0 Å². The van der Waals surface area contributed by atoms with Gasteiger partial charge < -0.3 is 14.5 Å². The molecule has 2 heterocycles. The van der Waals surface area contributed by atoms with Gasteiger partial charge in [-0.15, -0.1) is 0 Å². The number of rotatable bonds is 4. The smallest absolute Gasteiger partial charge is 0.227 e. The van der Waals surface area contributed by atoms with Crippen LogP contribution < -0.4 is 9.64 Å². The molecular weight excluding hydrogens is 302 g/mol. The molecule has 5 heteroatoms. The molecule has 0 aliphatic carbocycles. The lowest BCUT2D eigenvalue weighted by atomic mass is 10.1.